The highest BCUT2D eigenvalue weighted by molar-refractivity contribution is 7.89. The average Bonchev–Trinajstić information content (AvgIpc) is 2.41. The van der Waals surface area contributed by atoms with E-state index in [1.165, 1.54) is 22.5 Å². The predicted octanol–water partition coefficient (Wildman–Crippen LogP) is 2.85. The number of piperidine rings is 1. The summed E-state index contributed by atoms with van der Waals surface area (Å²) in [5.74, 6) is -0.200. The second-order valence-electron chi connectivity index (χ2n) is 6.70. The number of rotatable bonds is 2. The maximum Gasteiger partial charge on any atom is 0.245 e. The van der Waals surface area contributed by atoms with Gasteiger partial charge in [-0.15, -0.1) is 0 Å². The van der Waals surface area contributed by atoms with Gasteiger partial charge >= 0.3 is 0 Å². The summed E-state index contributed by atoms with van der Waals surface area (Å²) in [6.45, 7) is 7.44. The van der Waals surface area contributed by atoms with Gasteiger partial charge in [-0.2, -0.15) is 4.31 Å². The summed E-state index contributed by atoms with van der Waals surface area (Å²) in [5, 5.41) is 0. The van der Waals surface area contributed by atoms with Crippen molar-refractivity contribution in [2.24, 2.45) is 11.3 Å². The first-order valence-electron chi connectivity index (χ1n) is 7.18. The van der Waals surface area contributed by atoms with Crippen molar-refractivity contribution in [3.8, 4) is 0 Å². The van der Waals surface area contributed by atoms with Crippen LogP contribution in [0.3, 0.4) is 0 Å². The van der Waals surface area contributed by atoms with Gasteiger partial charge in [0.15, 0.2) is 0 Å². The molecule has 0 atom stereocenters. The first kappa shape index (κ1) is 16.2. The normalized spacial score (nSPS) is 18.9. The summed E-state index contributed by atoms with van der Waals surface area (Å²) in [4.78, 5) is -0.128. The molecular formula is C15H23FN2O2S. The molecule has 1 fully saturated rings. The Kier molecular flexibility index (Phi) is 4.31. The number of benzene rings is 1. The zero-order valence-corrected chi connectivity index (χ0v) is 13.6. The third-order valence-electron chi connectivity index (χ3n) is 4.31. The molecule has 2 rings (SSSR count). The van der Waals surface area contributed by atoms with Crippen LogP contribution in [0.1, 0.15) is 33.6 Å². The lowest BCUT2D eigenvalue weighted by Crippen LogP contribution is -2.41. The molecule has 1 aromatic carbocycles. The largest absolute Gasteiger partial charge is 0.395 e. The Morgan fingerprint density at radius 3 is 2.33 bits per heavy atom. The molecule has 1 aliphatic heterocycles. The molecule has 21 heavy (non-hydrogen) atoms. The van der Waals surface area contributed by atoms with Crippen molar-refractivity contribution in [1.29, 1.82) is 0 Å². The molecule has 0 spiro atoms. The standard InChI is InChI=1S/C15H23FN2O2S/c1-15(2,3)11-7-9-18(10-8-11)21(19,20)13-6-4-5-12(16)14(13)17/h4-6,11H,7-10,17H2,1-3H3. The van der Waals surface area contributed by atoms with E-state index in [9.17, 15) is 12.8 Å². The smallest absolute Gasteiger partial charge is 0.245 e. The highest BCUT2D eigenvalue weighted by Gasteiger charge is 2.34. The molecule has 0 amide bonds. The lowest BCUT2D eigenvalue weighted by molar-refractivity contribution is 0.154. The number of hydrogen-bond donors (Lipinski definition) is 1. The Hall–Kier alpha value is -1.14. The quantitative estimate of drug-likeness (QED) is 0.854. The van der Waals surface area contributed by atoms with Gasteiger partial charge in [0.1, 0.15) is 10.7 Å². The van der Waals surface area contributed by atoms with Crippen LogP contribution in [0.5, 0.6) is 0 Å². The van der Waals surface area contributed by atoms with E-state index in [2.05, 4.69) is 20.8 Å². The van der Waals surface area contributed by atoms with Crippen LogP contribution in [0.15, 0.2) is 23.1 Å². The molecule has 0 unspecified atom stereocenters. The van der Waals surface area contributed by atoms with Crippen molar-refractivity contribution in [2.45, 2.75) is 38.5 Å². The Balaban J connectivity index is 2.21. The summed E-state index contributed by atoms with van der Waals surface area (Å²) >= 11 is 0. The van der Waals surface area contributed by atoms with Gasteiger partial charge in [0.25, 0.3) is 0 Å². The van der Waals surface area contributed by atoms with Gasteiger partial charge in [-0.05, 0) is 36.3 Å². The Bertz CT molecular complexity index is 615. The van der Waals surface area contributed by atoms with E-state index in [-0.39, 0.29) is 16.0 Å². The van der Waals surface area contributed by atoms with E-state index < -0.39 is 15.8 Å². The molecule has 0 saturated carbocycles. The third-order valence-corrected chi connectivity index (χ3v) is 6.27. The van der Waals surface area contributed by atoms with Gasteiger partial charge < -0.3 is 5.73 Å². The number of sulfonamides is 1. The van der Waals surface area contributed by atoms with Crippen LogP contribution in [0.4, 0.5) is 10.1 Å². The first-order valence-corrected chi connectivity index (χ1v) is 8.62. The zero-order chi connectivity index (χ0) is 15.8. The third kappa shape index (κ3) is 3.21. The minimum atomic E-state index is -3.72. The summed E-state index contributed by atoms with van der Waals surface area (Å²) in [5.41, 5.74) is 5.47. The fourth-order valence-corrected chi connectivity index (χ4v) is 4.44. The van der Waals surface area contributed by atoms with E-state index >= 15 is 0 Å². The molecule has 0 aromatic heterocycles. The molecule has 0 bridgehead atoms. The van der Waals surface area contributed by atoms with E-state index in [1.54, 1.807) is 0 Å². The lowest BCUT2D eigenvalue weighted by atomic mass is 9.76. The molecular weight excluding hydrogens is 291 g/mol. The summed E-state index contributed by atoms with van der Waals surface area (Å²) in [7, 11) is -3.72. The second kappa shape index (κ2) is 5.57. The average molecular weight is 314 g/mol. The van der Waals surface area contributed by atoms with Crippen molar-refractivity contribution in [2.75, 3.05) is 18.8 Å². The van der Waals surface area contributed by atoms with Crippen LogP contribution < -0.4 is 5.73 Å². The first-order chi connectivity index (χ1) is 9.64. The van der Waals surface area contributed by atoms with Gasteiger partial charge in [-0.25, -0.2) is 12.8 Å². The number of para-hydroxylation sites is 1. The van der Waals surface area contributed by atoms with Crippen molar-refractivity contribution in [3.63, 3.8) is 0 Å². The fourth-order valence-electron chi connectivity index (χ4n) is 2.84. The van der Waals surface area contributed by atoms with Gasteiger partial charge in [-0.3, -0.25) is 0 Å². The van der Waals surface area contributed by atoms with Gasteiger partial charge in [-0.1, -0.05) is 26.8 Å². The molecule has 1 heterocycles. The number of hydrogen-bond acceptors (Lipinski definition) is 3. The summed E-state index contributed by atoms with van der Waals surface area (Å²) < 4.78 is 40.1. The molecule has 6 heteroatoms. The van der Waals surface area contributed by atoms with E-state index in [0.29, 0.717) is 19.0 Å². The van der Waals surface area contributed by atoms with Crippen LogP contribution in [0.25, 0.3) is 0 Å². The molecule has 1 saturated heterocycles. The van der Waals surface area contributed by atoms with Crippen molar-refractivity contribution >= 4 is 15.7 Å². The monoisotopic (exact) mass is 314 g/mol. The van der Waals surface area contributed by atoms with Crippen LogP contribution in [0, 0.1) is 17.2 Å². The molecule has 2 N–H and O–H groups in total. The highest BCUT2D eigenvalue weighted by Crippen LogP contribution is 2.36. The van der Waals surface area contributed by atoms with Gasteiger partial charge in [0, 0.05) is 13.1 Å². The maximum absolute atomic E-state index is 13.5. The van der Waals surface area contributed by atoms with E-state index in [1.807, 2.05) is 0 Å². The second-order valence-corrected chi connectivity index (χ2v) is 8.60. The van der Waals surface area contributed by atoms with Crippen LogP contribution in [0.2, 0.25) is 0 Å². The number of nitrogens with two attached hydrogens (primary N) is 1. The number of nitrogen functional groups attached to an aromatic ring is 1. The fraction of sp³-hybridized carbons (Fsp3) is 0.600. The minimum Gasteiger partial charge on any atom is -0.395 e. The summed E-state index contributed by atoms with van der Waals surface area (Å²) in [6.07, 6.45) is 1.63. The van der Waals surface area contributed by atoms with E-state index in [4.69, 9.17) is 5.73 Å². The lowest BCUT2D eigenvalue weighted by Gasteiger charge is -2.38. The topological polar surface area (TPSA) is 63.4 Å². The molecule has 1 aliphatic rings. The van der Waals surface area contributed by atoms with Gasteiger partial charge in [0.05, 0.1) is 5.69 Å². The van der Waals surface area contributed by atoms with E-state index in [0.717, 1.165) is 12.8 Å². The van der Waals surface area contributed by atoms with Crippen molar-refractivity contribution in [1.82, 2.24) is 4.31 Å². The maximum atomic E-state index is 13.5. The number of halogens is 1. The molecule has 1 aromatic rings. The molecule has 0 aliphatic carbocycles. The molecule has 0 radical (unpaired) electrons. The minimum absolute atomic E-state index is 0.128. The number of anilines is 1. The van der Waals surface area contributed by atoms with Crippen LogP contribution in [-0.2, 0) is 10.0 Å². The Labute approximate surface area is 126 Å². The molecule has 4 nitrogen and oxygen atoms in total. The molecule has 118 valence electrons. The summed E-state index contributed by atoms with van der Waals surface area (Å²) in [6, 6.07) is 3.91. The van der Waals surface area contributed by atoms with Crippen LogP contribution >= 0.6 is 0 Å². The number of nitrogens with zero attached hydrogens (tertiary/aromatic N) is 1. The van der Waals surface area contributed by atoms with Crippen LogP contribution in [-0.4, -0.2) is 25.8 Å². The SMILES string of the molecule is CC(C)(C)C1CCN(S(=O)(=O)c2cccc(F)c2N)CC1. The zero-order valence-electron chi connectivity index (χ0n) is 12.8. The van der Waals surface area contributed by atoms with Gasteiger partial charge in [0.2, 0.25) is 10.0 Å². The predicted molar refractivity (Wildman–Crippen MR) is 81.8 cm³/mol. The Morgan fingerprint density at radius 2 is 1.81 bits per heavy atom. The highest BCUT2D eigenvalue weighted by atomic mass is 32.2. The van der Waals surface area contributed by atoms with Crippen molar-refractivity contribution in [3.05, 3.63) is 24.0 Å². The Morgan fingerprint density at radius 1 is 1.24 bits per heavy atom. The van der Waals surface area contributed by atoms with Crippen molar-refractivity contribution < 1.29 is 12.8 Å².